The molecule has 2 N–H and O–H groups in total. The molecule has 2 aromatic carbocycles. The van der Waals surface area contributed by atoms with Gasteiger partial charge >= 0.3 is 0 Å². The summed E-state index contributed by atoms with van der Waals surface area (Å²) in [6.45, 7) is 1.48. The van der Waals surface area contributed by atoms with Crippen LogP contribution in [0.3, 0.4) is 0 Å². The number of sulfonamides is 1. The number of anilines is 1. The summed E-state index contributed by atoms with van der Waals surface area (Å²) in [5.74, 6) is 0. The van der Waals surface area contributed by atoms with Gasteiger partial charge in [-0.1, -0.05) is 23.7 Å². The number of hydrogen-bond acceptors (Lipinski definition) is 3. The maximum Gasteiger partial charge on any atom is 0.262 e. The Morgan fingerprint density at radius 3 is 2.57 bits per heavy atom. The summed E-state index contributed by atoms with van der Waals surface area (Å²) in [6.07, 6.45) is 0. The fourth-order valence-electron chi connectivity index (χ4n) is 1.80. The first kappa shape index (κ1) is 16.3. The molecule has 0 bridgehead atoms. The fraction of sp³-hybridized carbons (Fsp3) is 0.143. The molecule has 2 aromatic rings. The molecular weight excluding hydrogens is 378 g/mol. The van der Waals surface area contributed by atoms with E-state index in [1.165, 1.54) is 12.1 Å². The first-order valence-corrected chi connectivity index (χ1v) is 8.67. The van der Waals surface area contributed by atoms with E-state index >= 15 is 0 Å². The van der Waals surface area contributed by atoms with Gasteiger partial charge in [-0.2, -0.15) is 0 Å². The minimum Gasteiger partial charge on any atom is -0.392 e. The van der Waals surface area contributed by atoms with Crippen molar-refractivity contribution in [2.45, 2.75) is 18.4 Å². The molecule has 0 heterocycles. The van der Waals surface area contributed by atoms with Crippen LogP contribution < -0.4 is 4.72 Å². The SMILES string of the molecule is Cc1ccc(CO)cc1S(=O)(=O)Nc1ccc(Br)c(Cl)c1. The van der Waals surface area contributed by atoms with Gasteiger partial charge in [-0.25, -0.2) is 8.42 Å². The van der Waals surface area contributed by atoms with Crippen molar-refractivity contribution in [1.82, 2.24) is 0 Å². The van der Waals surface area contributed by atoms with Crippen LogP contribution in [0.2, 0.25) is 5.02 Å². The lowest BCUT2D eigenvalue weighted by molar-refractivity contribution is 0.281. The zero-order valence-electron chi connectivity index (χ0n) is 11.1. The highest BCUT2D eigenvalue weighted by molar-refractivity contribution is 9.10. The van der Waals surface area contributed by atoms with Crippen molar-refractivity contribution < 1.29 is 13.5 Å². The highest BCUT2D eigenvalue weighted by Gasteiger charge is 2.18. The number of aliphatic hydroxyl groups excluding tert-OH is 1. The van der Waals surface area contributed by atoms with E-state index in [0.29, 0.717) is 26.3 Å². The van der Waals surface area contributed by atoms with E-state index in [2.05, 4.69) is 20.7 Å². The molecule has 4 nitrogen and oxygen atoms in total. The number of benzene rings is 2. The van der Waals surface area contributed by atoms with Gasteiger partial charge in [0.15, 0.2) is 0 Å². The highest BCUT2D eigenvalue weighted by Crippen LogP contribution is 2.27. The van der Waals surface area contributed by atoms with E-state index in [1.807, 2.05) is 0 Å². The molecule has 0 unspecified atom stereocenters. The first-order chi connectivity index (χ1) is 9.83. The third-order valence-electron chi connectivity index (χ3n) is 2.90. The maximum atomic E-state index is 12.4. The summed E-state index contributed by atoms with van der Waals surface area (Å²) in [7, 11) is -3.74. The molecule has 0 fully saturated rings. The number of rotatable bonds is 4. The molecule has 21 heavy (non-hydrogen) atoms. The molecule has 112 valence electrons. The maximum absolute atomic E-state index is 12.4. The molecule has 7 heteroatoms. The second-order valence-corrected chi connectivity index (χ2v) is 7.40. The Balaban J connectivity index is 2.40. The molecule has 2 rings (SSSR count). The monoisotopic (exact) mass is 389 g/mol. The average molecular weight is 391 g/mol. The van der Waals surface area contributed by atoms with Crippen molar-refractivity contribution in [3.8, 4) is 0 Å². The van der Waals surface area contributed by atoms with Gasteiger partial charge in [0.25, 0.3) is 10.0 Å². The average Bonchev–Trinajstić information content (AvgIpc) is 2.43. The van der Waals surface area contributed by atoms with Gasteiger partial charge in [0.1, 0.15) is 0 Å². The Hall–Kier alpha value is -1.08. The Morgan fingerprint density at radius 1 is 1.24 bits per heavy atom. The van der Waals surface area contributed by atoms with Crippen LogP contribution in [0.15, 0.2) is 45.8 Å². The normalized spacial score (nSPS) is 11.4. The number of nitrogens with one attached hydrogen (secondary N) is 1. The molecule has 0 radical (unpaired) electrons. The molecule has 0 aliphatic carbocycles. The number of aryl methyl sites for hydroxylation is 1. The summed E-state index contributed by atoms with van der Waals surface area (Å²) in [5.41, 5.74) is 1.51. The zero-order chi connectivity index (χ0) is 15.6. The lowest BCUT2D eigenvalue weighted by Gasteiger charge is -2.12. The third kappa shape index (κ3) is 3.77. The van der Waals surface area contributed by atoms with Gasteiger partial charge in [-0.3, -0.25) is 4.72 Å². The number of aliphatic hydroxyl groups is 1. The van der Waals surface area contributed by atoms with Crippen LogP contribution >= 0.6 is 27.5 Å². The van der Waals surface area contributed by atoms with Gasteiger partial charge in [-0.15, -0.1) is 0 Å². The van der Waals surface area contributed by atoms with Gasteiger partial charge < -0.3 is 5.11 Å². The van der Waals surface area contributed by atoms with Gasteiger partial charge in [0, 0.05) is 4.47 Å². The minimum atomic E-state index is -3.74. The summed E-state index contributed by atoms with van der Waals surface area (Å²) >= 11 is 9.20. The van der Waals surface area contributed by atoms with E-state index in [9.17, 15) is 8.42 Å². The van der Waals surface area contributed by atoms with Crippen LogP contribution in [0.1, 0.15) is 11.1 Å². The van der Waals surface area contributed by atoms with E-state index < -0.39 is 10.0 Å². The van der Waals surface area contributed by atoms with Gasteiger partial charge in [-0.05, 0) is 58.2 Å². The second kappa shape index (κ2) is 6.36. The Labute approximate surface area is 136 Å². The van der Waals surface area contributed by atoms with Crippen LogP contribution in [0.4, 0.5) is 5.69 Å². The Bertz CT molecular complexity index is 778. The van der Waals surface area contributed by atoms with Crippen LogP contribution in [-0.2, 0) is 16.6 Å². The first-order valence-electron chi connectivity index (χ1n) is 6.02. The number of halogens is 2. The van der Waals surface area contributed by atoms with Crippen LogP contribution in [0, 0.1) is 6.92 Å². The van der Waals surface area contributed by atoms with Crippen LogP contribution in [0.5, 0.6) is 0 Å². The van der Waals surface area contributed by atoms with E-state index in [0.717, 1.165) is 0 Å². The van der Waals surface area contributed by atoms with Crippen molar-refractivity contribution >= 4 is 43.2 Å². The van der Waals surface area contributed by atoms with E-state index in [1.54, 1.807) is 31.2 Å². The Kier molecular flexibility index (Phi) is 4.93. The van der Waals surface area contributed by atoms with Crippen molar-refractivity contribution in [3.05, 3.63) is 57.0 Å². The smallest absolute Gasteiger partial charge is 0.262 e. The van der Waals surface area contributed by atoms with Crippen LogP contribution in [0.25, 0.3) is 0 Å². The van der Waals surface area contributed by atoms with Gasteiger partial charge in [0.2, 0.25) is 0 Å². The summed E-state index contributed by atoms with van der Waals surface area (Å²) in [6, 6.07) is 9.60. The third-order valence-corrected chi connectivity index (χ3v) is 5.65. The number of hydrogen-bond donors (Lipinski definition) is 2. The summed E-state index contributed by atoms with van der Waals surface area (Å²) in [5, 5.41) is 9.55. The quantitative estimate of drug-likeness (QED) is 0.836. The molecule has 0 saturated heterocycles. The molecule has 0 atom stereocenters. The molecule has 0 aliphatic rings. The van der Waals surface area contributed by atoms with E-state index in [-0.39, 0.29) is 11.5 Å². The van der Waals surface area contributed by atoms with Gasteiger partial charge in [0.05, 0.1) is 22.2 Å². The molecule has 0 spiro atoms. The Morgan fingerprint density at radius 2 is 1.95 bits per heavy atom. The summed E-state index contributed by atoms with van der Waals surface area (Å²) < 4.78 is 28.0. The van der Waals surface area contributed by atoms with E-state index in [4.69, 9.17) is 16.7 Å². The predicted octanol–water partition coefficient (Wildman–Crippen LogP) is 3.70. The predicted molar refractivity (Wildman–Crippen MR) is 87.1 cm³/mol. The molecule has 0 amide bonds. The molecule has 0 saturated carbocycles. The van der Waals surface area contributed by atoms with Crippen molar-refractivity contribution in [1.29, 1.82) is 0 Å². The molecule has 0 aliphatic heterocycles. The topological polar surface area (TPSA) is 66.4 Å². The molecule has 0 aromatic heterocycles. The minimum absolute atomic E-state index is 0.132. The summed E-state index contributed by atoms with van der Waals surface area (Å²) in [4.78, 5) is 0.132. The standard InChI is InChI=1S/C14H13BrClNO3S/c1-9-2-3-10(8-18)6-14(9)21(19,20)17-11-4-5-12(15)13(16)7-11/h2-7,17-18H,8H2,1H3. The fourth-order valence-corrected chi connectivity index (χ4v) is 3.57. The largest absolute Gasteiger partial charge is 0.392 e. The second-order valence-electron chi connectivity index (χ2n) is 4.49. The van der Waals surface area contributed by atoms with Crippen LogP contribution in [-0.4, -0.2) is 13.5 Å². The molecular formula is C14H13BrClNO3S. The lowest BCUT2D eigenvalue weighted by atomic mass is 10.2. The lowest BCUT2D eigenvalue weighted by Crippen LogP contribution is -2.14. The van der Waals surface area contributed by atoms with Crippen molar-refractivity contribution in [2.75, 3.05) is 4.72 Å². The van der Waals surface area contributed by atoms with Crippen molar-refractivity contribution in [2.24, 2.45) is 0 Å². The highest BCUT2D eigenvalue weighted by atomic mass is 79.9. The van der Waals surface area contributed by atoms with Crippen molar-refractivity contribution in [3.63, 3.8) is 0 Å². The zero-order valence-corrected chi connectivity index (χ0v) is 14.3.